The Kier molecular flexibility index (Phi) is 2.94. The van der Waals surface area contributed by atoms with Crippen LogP contribution >= 0.6 is 23.2 Å². The summed E-state index contributed by atoms with van der Waals surface area (Å²) in [5.41, 5.74) is 6.04. The number of anilines is 1. The van der Waals surface area contributed by atoms with E-state index in [-0.39, 0.29) is 0 Å². The maximum Gasteiger partial charge on any atom is 0.0824 e. The molecular formula is C10H10Cl2N2. The van der Waals surface area contributed by atoms with Crippen molar-refractivity contribution in [3.63, 3.8) is 0 Å². The molecule has 2 nitrogen and oxygen atoms in total. The van der Waals surface area contributed by atoms with Crippen LogP contribution in [-0.2, 0) is 5.41 Å². The summed E-state index contributed by atoms with van der Waals surface area (Å²) in [6.45, 7) is 3.56. The van der Waals surface area contributed by atoms with Crippen LogP contribution in [0, 0.1) is 11.3 Å². The van der Waals surface area contributed by atoms with Crippen LogP contribution in [0.4, 0.5) is 5.69 Å². The highest BCUT2D eigenvalue weighted by Gasteiger charge is 2.24. The molecule has 0 saturated heterocycles. The minimum atomic E-state index is -0.658. The van der Waals surface area contributed by atoms with Gasteiger partial charge in [-0.05, 0) is 25.5 Å². The van der Waals surface area contributed by atoms with Gasteiger partial charge in [0.05, 0.1) is 27.2 Å². The minimum Gasteiger partial charge on any atom is -0.397 e. The molecule has 0 aliphatic rings. The van der Waals surface area contributed by atoms with Crippen LogP contribution in [0.25, 0.3) is 0 Å². The number of benzene rings is 1. The number of halogens is 2. The van der Waals surface area contributed by atoms with E-state index in [0.29, 0.717) is 21.3 Å². The first kappa shape index (κ1) is 11.2. The molecule has 0 saturated carbocycles. The molecule has 0 fully saturated rings. The van der Waals surface area contributed by atoms with Gasteiger partial charge >= 0.3 is 0 Å². The third-order valence-corrected chi connectivity index (χ3v) is 2.96. The predicted octanol–water partition coefficient (Wildman–Crippen LogP) is 3.38. The summed E-state index contributed by atoms with van der Waals surface area (Å²) in [6.07, 6.45) is 0. The minimum absolute atomic E-state index is 0.312. The van der Waals surface area contributed by atoms with Gasteiger partial charge in [0.2, 0.25) is 0 Å². The van der Waals surface area contributed by atoms with Gasteiger partial charge in [-0.25, -0.2) is 0 Å². The molecule has 4 heteroatoms. The molecule has 1 rings (SSSR count). The molecule has 2 N–H and O–H groups in total. The Hall–Kier alpha value is -0.910. The van der Waals surface area contributed by atoms with Crippen molar-refractivity contribution in [2.45, 2.75) is 19.3 Å². The average molecular weight is 229 g/mol. The van der Waals surface area contributed by atoms with Gasteiger partial charge in [-0.3, -0.25) is 0 Å². The molecule has 0 heterocycles. The van der Waals surface area contributed by atoms with Crippen LogP contribution in [0.2, 0.25) is 10.0 Å². The number of nitrogens with zero attached hydrogens (tertiary/aromatic N) is 1. The summed E-state index contributed by atoms with van der Waals surface area (Å²) in [6, 6.07) is 5.55. The van der Waals surface area contributed by atoms with Crippen molar-refractivity contribution >= 4 is 28.9 Å². The van der Waals surface area contributed by atoms with E-state index in [1.807, 2.05) is 0 Å². The Morgan fingerprint density at radius 1 is 1.29 bits per heavy atom. The second-order valence-corrected chi connectivity index (χ2v) is 4.32. The zero-order chi connectivity index (χ0) is 10.9. The van der Waals surface area contributed by atoms with E-state index >= 15 is 0 Å². The molecule has 0 atom stereocenters. The molecule has 0 amide bonds. The SMILES string of the molecule is CC(C)(C#N)c1ccc(N)c(Cl)c1Cl. The molecule has 0 spiro atoms. The zero-order valence-corrected chi connectivity index (χ0v) is 9.45. The Bertz CT molecular complexity index is 405. The lowest BCUT2D eigenvalue weighted by Gasteiger charge is -2.18. The number of nitrogen functional groups attached to an aromatic ring is 1. The third-order valence-electron chi connectivity index (χ3n) is 2.07. The Morgan fingerprint density at radius 2 is 1.86 bits per heavy atom. The van der Waals surface area contributed by atoms with E-state index in [9.17, 15) is 0 Å². The van der Waals surface area contributed by atoms with Crippen LogP contribution in [0.15, 0.2) is 12.1 Å². The number of hydrogen-bond acceptors (Lipinski definition) is 2. The van der Waals surface area contributed by atoms with Crippen molar-refractivity contribution in [2.24, 2.45) is 0 Å². The molecule has 1 aromatic rings. The highest BCUT2D eigenvalue weighted by Crippen LogP contribution is 2.37. The molecule has 0 bridgehead atoms. The van der Waals surface area contributed by atoms with E-state index in [2.05, 4.69) is 6.07 Å². The zero-order valence-electron chi connectivity index (χ0n) is 7.94. The number of nitriles is 1. The predicted molar refractivity (Wildman–Crippen MR) is 59.5 cm³/mol. The standard InChI is InChI=1S/C10H10Cl2N2/c1-10(2,5-13)6-3-4-7(14)9(12)8(6)11/h3-4H,14H2,1-2H3. The van der Waals surface area contributed by atoms with E-state index < -0.39 is 5.41 Å². The number of nitrogens with two attached hydrogens (primary N) is 1. The highest BCUT2D eigenvalue weighted by atomic mass is 35.5. The first-order chi connectivity index (χ1) is 6.40. The summed E-state index contributed by atoms with van der Waals surface area (Å²) >= 11 is 11.9. The fourth-order valence-electron chi connectivity index (χ4n) is 1.11. The fourth-order valence-corrected chi connectivity index (χ4v) is 1.68. The van der Waals surface area contributed by atoms with Crippen LogP contribution in [-0.4, -0.2) is 0 Å². The van der Waals surface area contributed by atoms with Gasteiger partial charge in [0.1, 0.15) is 0 Å². The van der Waals surface area contributed by atoms with Crippen molar-refractivity contribution in [3.8, 4) is 6.07 Å². The largest absolute Gasteiger partial charge is 0.397 e. The molecule has 0 aliphatic heterocycles. The van der Waals surface area contributed by atoms with Gasteiger partial charge < -0.3 is 5.73 Å². The third kappa shape index (κ3) is 1.79. The Morgan fingerprint density at radius 3 is 2.36 bits per heavy atom. The smallest absolute Gasteiger partial charge is 0.0824 e. The normalized spacial score (nSPS) is 11.1. The number of hydrogen-bond donors (Lipinski definition) is 1. The van der Waals surface area contributed by atoms with E-state index in [1.165, 1.54) is 0 Å². The molecule has 0 radical (unpaired) electrons. The van der Waals surface area contributed by atoms with Gasteiger partial charge in [-0.1, -0.05) is 29.3 Å². The lowest BCUT2D eigenvalue weighted by molar-refractivity contribution is 0.687. The second-order valence-electron chi connectivity index (χ2n) is 3.57. The molecule has 0 aromatic heterocycles. The molecular weight excluding hydrogens is 219 g/mol. The second kappa shape index (κ2) is 3.68. The summed E-state index contributed by atoms with van der Waals surface area (Å²) in [5.74, 6) is 0. The first-order valence-electron chi connectivity index (χ1n) is 4.05. The van der Waals surface area contributed by atoms with E-state index in [4.69, 9.17) is 34.2 Å². The van der Waals surface area contributed by atoms with Crippen molar-refractivity contribution in [1.82, 2.24) is 0 Å². The van der Waals surface area contributed by atoms with Crippen molar-refractivity contribution < 1.29 is 0 Å². The summed E-state index contributed by atoms with van der Waals surface area (Å²) in [4.78, 5) is 0. The van der Waals surface area contributed by atoms with E-state index in [0.717, 1.165) is 0 Å². The molecule has 14 heavy (non-hydrogen) atoms. The van der Waals surface area contributed by atoms with Gasteiger partial charge in [0.15, 0.2) is 0 Å². The molecule has 0 aliphatic carbocycles. The monoisotopic (exact) mass is 228 g/mol. The van der Waals surface area contributed by atoms with Crippen LogP contribution in [0.5, 0.6) is 0 Å². The van der Waals surface area contributed by atoms with Crippen molar-refractivity contribution in [3.05, 3.63) is 27.7 Å². The van der Waals surface area contributed by atoms with Crippen LogP contribution < -0.4 is 5.73 Å². The van der Waals surface area contributed by atoms with Crippen LogP contribution in [0.1, 0.15) is 19.4 Å². The van der Waals surface area contributed by atoms with Gasteiger partial charge in [0, 0.05) is 0 Å². The summed E-state index contributed by atoms with van der Waals surface area (Å²) in [5, 5.41) is 9.62. The van der Waals surface area contributed by atoms with Gasteiger partial charge in [-0.2, -0.15) is 5.26 Å². The molecule has 74 valence electrons. The lowest BCUT2D eigenvalue weighted by Crippen LogP contribution is -2.14. The topological polar surface area (TPSA) is 49.8 Å². The Balaban J connectivity index is 3.41. The van der Waals surface area contributed by atoms with Crippen molar-refractivity contribution in [2.75, 3.05) is 5.73 Å². The quantitative estimate of drug-likeness (QED) is 0.750. The van der Waals surface area contributed by atoms with Gasteiger partial charge in [0.25, 0.3) is 0 Å². The highest BCUT2D eigenvalue weighted by molar-refractivity contribution is 6.44. The van der Waals surface area contributed by atoms with Crippen molar-refractivity contribution in [1.29, 1.82) is 5.26 Å². The van der Waals surface area contributed by atoms with Crippen LogP contribution in [0.3, 0.4) is 0 Å². The average Bonchev–Trinajstić information content (AvgIpc) is 2.14. The fraction of sp³-hybridized carbons (Fsp3) is 0.300. The molecule has 1 aromatic carbocycles. The maximum atomic E-state index is 8.95. The van der Waals surface area contributed by atoms with Gasteiger partial charge in [-0.15, -0.1) is 0 Å². The summed E-state index contributed by atoms with van der Waals surface area (Å²) < 4.78 is 0. The lowest BCUT2D eigenvalue weighted by atomic mass is 9.86. The maximum absolute atomic E-state index is 8.95. The van der Waals surface area contributed by atoms with E-state index in [1.54, 1.807) is 26.0 Å². The summed E-state index contributed by atoms with van der Waals surface area (Å²) in [7, 11) is 0. The number of rotatable bonds is 1. The molecule has 0 unspecified atom stereocenters. The first-order valence-corrected chi connectivity index (χ1v) is 4.81. The Labute approximate surface area is 93.2 Å².